The van der Waals surface area contributed by atoms with Crippen molar-refractivity contribution in [1.29, 1.82) is 0 Å². The summed E-state index contributed by atoms with van der Waals surface area (Å²) in [7, 11) is 3.30. The van der Waals surface area contributed by atoms with E-state index in [-0.39, 0.29) is 0 Å². The average molecular weight is 342 g/mol. The number of nitrogens with zero attached hydrogens (tertiary/aromatic N) is 1. The zero-order valence-electron chi connectivity index (χ0n) is 14.1. The molecule has 24 heavy (non-hydrogen) atoms. The second-order valence-electron chi connectivity index (χ2n) is 5.63. The number of aryl methyl sites for hydroxylation is 1. The molecule has 3 rings (SSSR count). The number of methoxy groups -OCH3 is 2. The van der Waals surface area contributed by atoms with Gasteiger partial charge in [-0.3, -0.25) is 4.98 Å². The van der Waals surface area contributed by atoms with E-state index >= 15 is 0 Å². The number of rotatable bonds is 5. The van der Waals surface area contributed by atoms with Crippen LogP contribution in [0.4, 0.5) is 0 Å². The van der Waals surface area contributed by atoms with Gasteiger partial charge >= 0.3 is 0 Å². The van der Waals surface area contributed by atoms with Crippen LogP contribution in [0.1, 0.15) is 23.7 Å². The lowest BCUT2D eigenvalue weighted by Crippen LogP contribution is -2.00. The second-order valence-corrected chi connectivity index (χ2v) is 6.07. The third kappa shape index (κ3) is 3.17. The van der Waals surface area contributed by atoms with E-state index in [9.17, 15) is 0 Å². The molecule has 3 aromatic rings. The van der Waals surface area contributed by atoms with Gasteiger partial charge < -0.3 is 9.47 Å². The van der Waals surface area contributed by atoms with Crippen LogP contribution in [-0.4, -0.2) is 19.2 Å². The van der Waals surface area contributed by atoms with Crippen molar-refractivity contribution in [3.63, 3.8) is 0 Å². The number of ether oxygens (including phenoxy) is 2. The van der Waals surface area contributed by atoms with Crippen molar-refractivity contribution in [3.8, 4) is 11.5 Å². The molecule has 0 saturated heterocycles. The molecule has 124 valence electrons. The van der Waals surface area contributed by atoms with Crippen LogP contribution in [0.5, 0.6) is 11.5 Å². The highest BCUT2D eigenvalue weighted by Gasteiger charge is 2.13. The number of hydrogen-bond donors (Lipinski definition) is 0. The molecule has 0 atom stereocenters. The van der Waals surface area contributed by atoms with Gasteiger partial charge in [-0.05, 0) is 53.6 Å². The minimum atomic E-state index is 0.716. The lowest BCUT2D eigenvalue weighted by molar-refractivity contribution is 0.356. The summed E-state index contributed by atoms with van der Waals surface area (Å²) >= 11 is 6.00. The highest BCUT2D eigenvalue weighted by Crippen LogP contribution is 2.35. The summed E-state index contributed by atoms with van der Waals surface area (Å²) in [5.41, 5.74) is 3.53. The predicted molar refractivity (Wildman–Crippen MR) is 98.5 cm³/mol. The maximum Gasteiger partial charge on any atom is 0.161 e. The number of pyridine rings is 1. The first-order valence-electron chi connectivity index (χ1n) is 7.93. The fourth-order valence-electron chi connectivity index (χ4n) is 2.95. The van der Waals surface area contributed by atoms with Crippen LogP contribution in [-0.2, 0) is 12.8 Å². The first-order valence-corrected chi connectivity index (χ1v) is 8.31. The molecule has 0 bridgehead atoms. The monoisotopic (exact) mass is 341 g/mol. The molecule has 0 aliphatic carbocycles. The summed E-state index contributed by atoms with van der Waals surface area (Å²) in [6, 6.07) is 12.0. The highest BCUT2D eigenvalue weighted by atomic mass is 35.5. The highest BCUT2D eigenvalue weighted by molar-refractivity contribution is 6.30. The SMILES string of the molecule is CCc1ncc2cc(OC)c(OC)cc2c1Cc1ccc(Cl)cc1. The maximum absolute atomic E-state index is 6.00. The van der Waals surface area contributed by atoms with Crippen LogP contribution in [0.15, 0.2) is 42.6 Å². The van der Waals surface area contributed by atoms with Gasteiger partial charge in [-0.15, -0.1) is 0 Å². The molecule has 0 fully saturated rings. The molecule has 0 saturated carbocycles. The van der Waals surface area contributed by atoms with E-state index in [1.165, 1.54) is 11.1 Å². The van der Waals surface area contributed by atoms with E-state index in [1.807, 2.05) is 30.5 Å². The fraction of sp³-hybridized carbons (Fsp3) is 0.250. The zero-order chi connectivity index (χ0) is 17.1. The fourth-order valence-corrected chi connectivity index (χ4v) is 3.08. The summed E-state index contributed by atoms with van der Waals surface area (Å²) in [6.07, 6.45) is 3.59. The molecule has 0 radical (unpaired) electrons. The Hall–Kier alpha value is -2.26. The Morgan fingerprint density at radius 1 is 1.00 bits per heavy atom. The van der Waals surface area contributed by atoms with Crippen molar-refractivity contribution in [1.82, 2.24) is 4.98 Å². The van der Waals surface area contributed by atoms with Crippen LogP contribution in [0.2, 0.25) is 5.02 Å². The molecule has 2 aromatic carbocycles. The van der Waals surface area contributed by atoms with Crippen LogP contribution in [0, 0.1) is 0 Å². The molecule has 4 heteroatoms. The summed E-state index contributed by atoms with van der Waals surface area (Å²) in [5.74, 6) is 1.45. The maximum atomic E-state index is 6.00. The van der Waals surface area contributed by atoms with Gasteiger partial charge in [0.1, 0.15) is 0 Å². The Labute approximate surface area is 147 Å². The Bertz CT molecular complexity index is 860. The predicted octanol–water partition coefficient (Wildman–Crippen LogP) is 5.06. The van der Waals surface area contributed by atoms with Crippen molar-refractivity contribution in [2.75, 3.05) is 14.2 Å². The summed E-state index contributed by atoms with van der Waals surface area (Å²) < 4.78 is 10.9. The standard InChI is InChI=1S/C20H20ClNO2/c1-4-18-17(9-13-5-7-15(21)8-6-13)16-11-20(24-3)19(23-2)10-14(16)12-22-18/h5-8,10-12H,4,9H2,1-3H3. The third-order valence-electron chi connectivity index (χ3n) is 4.22. The minimum Gasteiger partial charge on any atom is -0.493 e. The van der Waals surface area contributed by atoms with Gasteiger partial charge in [0.15, 0.2) is 11.5 Å². The molecule has 3 nitrogen and oxygen atoms in total. The first kappa shape index (κ1) is 16.6. The Morgan fingerprint density at radius 3 is 2.29 bits per heavy atom. The molecule has 0 amide bonds. The largest absolute Gasteiger partial charge is 0.493 e. The normalized spacial score (nSPS) is 10.8. The van der Waals surface area contributed by atoms with Gasteiger partial charge in [0.25, 0.3) is 0 Å². The molecule has 0 aliphatic rings. The van der Waals surface area contributed by atoms with Crippen molar-refractivity contribution >= 4 is 22.4 Å². The molecule has 0 N–H and O–H groups in total. The van der Waals surface area contributed by atoms with Gasteiger partial charge in [0.2, 0.25) is 0 Å². The van der Waals surface area contributed by atoms with Crippen LogP contribution >= 0.6 is 11.6 Å². The van der Waals surface area contributed by atoms with Crippen molar-refractivity contribution in [2.24, 2.45) is 0 Å². The van der Waals surface area contributed by atoms with Gasteiger partial charge in [0, 0.05) is 22.3 Å². The molecule has 0 unspecified atom stereocenters. The van der Waals surface area contributed by atoms with Crippen molar-refractivity contribution in [3.05, 3.63) is 64.4 Å². The van der Waals surface area contributed by atoms with E-state index in [2.05, 4.69) is 24.0 Å². The minimum absolute atomic E-state index is 0.716. The number of aromatic nitrogens is 1. The average Bonchev–Trinajstić information content (AvgIpc) is 2.62. The van der Waals surface area contributed by atoms with Crippen molar-refractivity contribution in [2.45, 2.75) is 19.8 Å². The lowest BCUT2D eigenvalue weighted by Gasteiger charge is -2.14. The Morgan fingerprint density at radius 2 is 1.67 bits per heavy atom. The van der Waals surface area contributed by atoms with Crippen LogP contribution < -0.4 is 9.47 Å². The molecule has 1 aromatic heterocycles. The quantitative estimate of drug-likeness (QED) is 0.650. The molecular weight excluding hydrogens is 322 g/mol. The molecular formula is C20H20ClNO2. The number of benzene rings is 2. The smallest absolute Gasteiger partial charge is 0.161 e. The van der Waals surface area contributed by atoms with Gasteiger partial charge in [-0.1, -0.05) is 30.7 Å². The summed E-state index contributed by atoms with van der Waals surface area (Å²) in [6.45, 7) is 2.13. The number of hydrogen-bond acceptors (Lipinski definition) is 3. The van der Waals surface area contributed by atoms with E-state index in [0.717, 1.165) is 40.1 Å². The topological polar surface area (TPSA) is 31.4 Å². The molecule has 0 aliphatic heterocycles. The molecule has 1 heterocycles. The Kier molecular flexibility index (Phi) is 4.91. The summed E-state index contributed by atoms with van der Waals surface area (Å²) in [4.78, 5) is 4.65. The summed E-state index contributed by atoms with van der Waals surface area (Å²) in [5, 5.41) is 2.94. The van der Waals surface area contributed by atoms with E-state index in [0.29, 0.717) is 5.75 Å². The lowest BCUT2D eigenvalue weighted by atomic mass is 9.96. The molecule has 0 spiro atoms. The van der Waals surface area contributed by atoms with Crippen LogP contribution in [0.3, 0.4) is 0 Å². The van der Waals surface area contributed by atoms with Gasteiger partial charge in [-0.25, -0.2) is 0 Å². The second kappa shape index (κ2) is 7.10. The van der Waals surface area contributed by atoms with E-state index in [4.69, 9.17) is 21.1 Å². The number of halogens is 1. The van der Waals surface area contributed by atoms with E-state index in [1.54, 1.807) is 14.2 Å². The zero-order valence-corrected chi connectivity index (χ0v) is 14.9. The number of fused-ring (bicyclic) bond motifs is 1. The Balaban J connectivity index is 2.17. The van der Waals surface area contributed by atoms with Crippen LogP contribution in [0.25, 0.3) is 10.8 Å². The first-order chi connectivity index (χ1) is 11.7. The van der Waals surface area contributed by atoms with E-state index < -0.39 is 0 Å². The van der Waals surface area contributed by atoms with Gasteiger partial charge in [0.05, 0.1) is 14.2 Å². The third-order valence-corrected chi connectivity index (χ3v) is 4.47. The van der Waals surface area contributed by atoms with Gasteiger partial charge in [-0.2, -0.15) is 0 Å². The van der Waals surface area contributed by atoms with Crippen molar-refractivity contribution < 1.29 is 9.47 Å².